The normalized spacial score (nSPS) is 13.6. The average molecular weight is 312 g/mol. The van der Waals surface area contributed by atoms with Gasteiger partial charge in [0.25, 0.3) is 0 Å². The Kier molecular flexibility index (Phi) is 10.6. The first-order valence-corrected chi connectivity index (χ1v) is 7.39. The summed E-state index contributed by atoms with van der Waals surface area (Å²) < 4.78 is 39.0. The van der Waals surface area contributed by atoms with Gasteiger partial charge in [-0.15, -0.1) is 0 Å². The summed E-state index contributed by atoms with van der Waals surface area (Å²) in [5.41, 5.74) is 0. The maximum atomic E-state index is 9.75. The Morgan fingerprint density at radius 2 is 0.684 bits per heavy atom. The molecule has 0 nitrogen and oxygen atoms in total. The fourth-order valence-electron chi connectivity index (χ4n) is 3.02. The third-order valence-corrected chi connectivity index (χ3v) is 6.04. The number of rotatable bonds is 0. The second kappa shape index (κ2) is 8.01. The van der Waals surface area contributed by atoms with Crippen molar-refractivity contribution in [2.45, 2.75) is 77.8 Å². The van der Waals surface area contributed by atoms with Crippen molar-refractivity contribution in [1.82, 2.24) is 0 Å². The maximum absolute atomic E-state index is 9.75. The van der Waals surface area contributed by atoms with Crippen LogP contribution >= 0.6 is 7.92 Å². The van der Waals surface area contributed by atoms with Crippen LogP contribution in [0.15, 0.2) is 0 Å². The van der Waals surface area contributed by atoms with Gasteiger partial charge in [0.15, 0.2) is 0 Å². The van der Waals surface area contributed by atoms with Gasteiger partial charge in [-0.25, -0.2) is 0 Å². The van der Waals surface area contributed by atoms with Crippen molar-refractivity contribution in [2.75, 3.05) is 0 Å². The molecular formula is C12H27BF4NaP. The van der Waals surface area contributed by atoms with Crippen molar-refractivity contribution in [1.29, 1.82) is 0 Å². The van der Waals surface area contributed by atoms with Crippen LogP contribution in [0.4, 0.5) is 17.3 Å². The van der Waals surface area contributed by atoms with E-state index in [0.29, 0.717) is 15.5 Å². The average Bonchev–Trinajstić information content (AvgIpc) is 1.65. The second-order valence-corrected chi connectivity index (χ2v) is 12.0. The molecule has 0 saturated carbocycles. The first kappa shape index (κ1) is 25.2. The minimum Gasteiger partial charge on any atom is -0.418 e. The Labute approximate surface area is 139 Å². The summed E-state index contributed by atoms with van der Waals surface area (Å²) in [5, 5.41) is 1.35. The number of halogens is 4. The van der Waals surface area contributed by atoms with Crippen molar-refractivity contribution in [3.8, 4) is 0 Å². The van der Waals surface area contributed by atoms with Crippen LogP contribution in [0.3, 0.4) is 0 Å². The Bertz CT molecular complexity index is 209. The zero-order valence-corrected chi connectivity index (χ0v) is 16.9. The third kappa shape index (κ3) is 15.4. The van der Waals surface area contributed by atoms with Gasteiger partial charge in [0.05, 0.1) is 0 Å². The van der Waals surface area contributed by atoms with Crippen LogP contribution in [0.25, 0.3) is 0 Å². The molecule has 0 aromatic rings. The van der Waals surface area contributed by atoms with E-state index < -0.39 is 7.25 Å². The van der Waals surface area contributed by atoms with E-state index in [9.17, 15) is 17.3 Å². The van der Waals surface area contributed by atoms with Crippen LogP contribution in [0, 0.1) is 0 Å². The van der Waals surface area contributed by atoms with Crippen LogP contribution in [-0.4, -0.2) is 22.7 Å². The predicted octanol–water partition coefficient (Wildman–Crippen LogP) is 3.17. The molecule has 0 amide bonds. The van der Waals surface area contributed by atoms with Crippen LogP contribution in [0.2, 0.25) is 0 Å². The van der Waals surface area contributed by atoms with Gasteiger partial charge in [-0.1, -0.05) is 70.2 Å². The van der Waals surface area contributed by atoms with E-state index in [1.54, 1.807) is 0 Å². The van der Waals surface area contributed by atoms with Crippen LogP contribution < -0.4 is 29.6 Å². The molecule has 0 atom stereocenters. The number of hydrogen-bond acceptors (Lipinski definition) is 0. The molecule has 0 radical (unpaired) electrons. The summed E-state index contributed by atoms with van der Waals surface area (Å²) in [6.07, 6.45) is 0. The first-order chi connectivity index (χ1) is 7.37. The molecule has 0 rings (SSSR count). The van der Waals surface area contributed by atoms with Gasteiger partial charge < -0.3 is 17.3 Å². The van der Waals surface area contributed by atoms with Crippen molar-refractivity contribution in [3.63, 3.8) is 0 Å². The molecular weight excluding hydrogens is 285 g/mol. The largest absolute Gasteiger partial charge is 1.00 e. The molecule has 0 heterocycles. The molecule has 0 unspecified atom stereocenters. The molecule has 0 saturated heterocycles. The fraction of sp³-hybridized carbons (Fsp3) is 1.00. The quantitative estimate of drug-likeness (QED) is 0.366. The number of hydrogen-bond donors (Lipinski definition) is 0. The summed E-state index contributed by atoms with van der Waals surface area (Å²) in [6, 6.07) is 0. The minimum atomic E-state index is -6.00. The van der Waals surface area contributed by atoms with E-state index in [4.69, 9.17) is 0 Å². The van der Waals surface area contributed by atoms with Crippen LogP contribution in [0.1, 0.15) is 62.3 Å². The Balaban J connectivity index is -0.000000366. The van der Waals surface area contributed by atoms with E-state index in [1.807, 2.05) is 0 Å². The molecule has 7 heteroatoms. The van der Waals surface area contributed by atoms with Gasteiger partial charge in [-0.05, 0) is 15.5 Å². The first-order valence-electron chi connectivity index (χ1n) is 6.04. The molecule has 0 spiro atoms. The van der Waals surface area contributed by atoms with Gasteiger partial charge >= 0.3 is 36.8 Å². The monoisotopic (exact) mass is 312 g/mol. The standard InChI is InChI=1S/C12H27P.BF4.Na/c1-10(2,3)13(11(4,5)6)12(7,8)9;2-1(3,4)5;/h1-9H3;;/q;-1;+1. The predicted molar refractivity (Wildman–Crippen MR) is 76.4 cm³/mol. The van der Waals surface area contributed by atoms with Crippen LogP contribution in [-0.2, 0) is 0 Å². The zero-order chi connectivity index (χ0) is 15.6. The van der Waals surface area contributed by atoms with E-state index in [2.05, 4.69) is 62.3 Å². The topological polar surface area (TPSA) is 0 Å². The summed E-state index contributed by atoms with van der Waals surface area (Å²) in [6.45, 7) is 21.5. The van der Waals surface area contributed by atoms with Crippen molar-refractivity contribution >= 4 is 15.2 Å². The van der Waals surface area contributed by atoms with E-state index in [1.165, 1.54) is 0 Å². The second-order valence-electron chi connectivity index (χ2n) is 7.34. The van der Waals surface area contributed by atoms with Gasteiger partial charge in [0, 0.05) is 0 Å². The zero-order valence-electron chi connectivity index (χ0n) is 14.0. The molecule has 0 aromatic carbocycles. The van der Waals surface area contributed by atoms with Gasteiger partial charge in [-0.2, -0.15) is 0 Å². The van der Waals surface area contributed by atoms with E-state index in [0.717, 1.165) is 0 Å². The maximum Gasteiger partial charge on any atom is 1.00 e. The molecule has 112 valence electrons. The summed E-state index contributed by atoms with van der Waals surface area (Å²) in [7, 11) is -5.98. The Morgan fingerprint density at radius 1 is 0.579 bits per heavy atom. The van der Waals surface area contributed by atoms with Gasteiger partial charge in [0.2, 0.25) is 0 Å². The molecule has 0 aliphatic carbocycles. The Morgan fingerprint density at radius 3 is 0.684 bits per heavy atom. The van der Waals surface area contributed by atoms with Crippen molar-refractivity contribution in [3.05, 3.63) is 0 Å². The van der Waals surface area contributed by atoms with Gasteiger partial charge in [0.1, 0.15) is 0 Å². The van der Waals surface area contributed by atoms with Crippen molar-refractivity contribution in [2.24, 2.45) is 0 Å². The molecule has 0 bridgehead atoms. The third-order valence-electron chi connectivity index (χ3n) is 2.01. The van der Waals surface area contributed by atoms with Crippen LogP contribution in [0.5, 0.6) is 0 Å². The van der Waals surface area contributed by atoms with Crippen molar-refractivity contribution < 1.29 is 46.8 Å². The Hall–Kier alpha value is 1.21. The van der Waals surface area contributed by atoms with Gasteiger partial charge in [-0.3, -0.25) is 0 Å². The molecule has 0 aromatic heterocycles. The SMILES string of the molecule is CC(C)(C)P(C(C)(C)C)C(C)(C)C.F[B-](F)(F)F.[Na+]. The molecule has 0 fully saturated rings. The summed E-state index contributed by atoms with van der Waals surface area (Å²) >= 11 is 0. The van der Waals surface area contributed by atoms with E-state index >= 15 is 0 Å². The summed E-state index contributed by atoms with van der Waals surface area (Å²) in [5.74, 6) is 0. The fourth-order valence-corrected chi connectivity index (χ4v) is 9.06. The smallest absolute Gasteiger partial charge is 0.418 e. The molecule has 0 aliphatic heterocycles. The van der Waals surface area contributed by atoms with E-state index in [-0.39, 0.29) is 37.5 Å². The summed E-state index contributed by atoms with van der Waals surface area (Å²) in [4.78, 5) is 0. The molecule has 0 N–H and O–H groups in total. The molecule has 19 heavy (non-hydrogen) atoms. The minimum absolute atomic E-state index is 0. The molecule has 0 aliphatic rings.